The van der Waals surface area contributed by atoms with E-state index < -0.39 is 0 Å². The maximum absolute atomic E-state index is 6.11. The van der Waals surface area contributed by atoms with Crippen molar-refractivity contribution in [2.45, 2.75) is 58.9 Å². The van der Waals surface area contributed by atoms with E-state index in [9.17, 15) is 0 Å². The van der Waals surface area contributed by atoms with Gasteiger partial charge in [0.15, 0.2) is 0 Å². The van der Waals surface area contributed by atoms with Crippen molar-refractivity contribution in [3.8, 4) is 0 Å². The first-order chi connectivity index (χ1) is 8.85. The van der Waals surface area contributed by atoms with Crippen LogP contribution in [0.2, 0.25) is 0 Å². The van der Waals surface area contributed by atoms with E-state index in [-0.39, 0.29) is 0 Å². The Hall–Kier alpha value is -0.860. The van der Waals surface area contributed by atoms with Crippen molar-refractivity contribution >= 4 is 0 Å². The first-order valence-corrected chi connectivity index (χ1v) is 7.27. The minimum Gasteiger partial charge on any atom is -0.358 e. The van der Waals surface area contributed by atoms with Gasteiger partial charge < -0.3 is 4.74 Å². The summed E-state index contributed by atoms with van der Waals surface area (Å²) >= 11 is 0. The van der Waals surface area contributed by atoms with Crippen LogP contribution in [0, 0.1) is 0 Å². The third-order valence-electron chi connectivity index (χ3n) is 3.66. The lowest BCUT2D eigenvalue weighted by atomic mass is 10.1. The van der Waals surface area contributed by atoms with E-state index >= 15 is 0 Å². The second kappa shape index (κ2) is 6.91. The van der Waals surface area contributed by atoms with Crippen LogP contribution in [-0.2, 0) is 17.9 Å². The molecule has 18 heavy (non-hydrogen) atoms. The second-order valence-electron chi connectivity index (χ2n) is 5.15. The zero-order valence-corrected chi connectivity index (χ0v) is 11.7. The van der Waals surface area contributed by atoms with Crippen LogP contribution in [0.15, 0.2) is 24.3 Å². The summed E-state index contributed by atoms with van der Waals surface area (Å²) in [5.41, 5.74) is 2.80. The molecule has 0 spiro atoms. The molecule has 0 aromatic heterocycles. The highest BCUT2D eigenvalue weighted by molar-refractivity contribution is 5.27. The number of unbranched alkanes of at least 4 members (excludes halogenated alkanes) is 1. The van der Waals surface area contributed by atoms with E-state index in [0.717, 1.165) is 26.1 Å². The van der Waals surface area contributed by atoms with Gasteiger partial charge in [-0.2, -0.15) is 0 Å². The van der Waals surface area contributed by atoms with Gasteiger partial charge in [-0.3, -0.25) is 4.90 Å². The third-order valence-corrected chi connectivity index (χ3v) is 3.66. The molecule has 2 nitrogen and oxygen atoms in total. The molecule has 2 heteroatoms. The van der Waals surface area contributed by atoms with Gasteiger partial charge in [0.25, 0.3) is 0 Å². The average molecular weight is 247 g/mol. The van der Waals surface area contributed by atoms with Gasteiger partial charge in [-0.05, 0) is 24.0 Å². The predicted octanol–water partition coefficient (Wildman–Crippen LogP) is 3.95. The van der Waals surface area contributed by atoms with Crippen LogP contribution in [0.25, 0.3) is 0 Å². The van der Waals surface area contributed by atoms with Crippen LogP contribution in [0.1, 0.15) is 50.7 Å². The molecule has 1 heterocycles. The van der Waals surface area contributed by atoms with Crippen molar-refractivity contribution in [1.29, 1.82) is 0 Å². The van der Waals surface area contributed by atoms with E-state index in [1.807, 2.05) is 0 Å². The molecule has 0 saturated carbocycles. The van der Waals surface area contributed by atoms with Gasteiger partial charge in [-0.25, -0.2) is 0 Å². The van der Waals surface area contributed by atoms with E-state index in [2.05, 4.69) is 43.0 Å². The van der Waals surface area contributed by atoms with Crippen LogP contribution in [-0.4, -0.2) is 17.7 Å². The number of hydrogen-bond donors (Lipinski definition) is 0. The Balaban J connectivity index is 2.12. The Labute approximate surface area is 111 Å². The zero-order chi connectivity index (χ0) is 12.8. The monoisotopic (exact) mass is 247 g/mol. The molecule has 1 aromatic rings. The molecule has 1 aromatic carbocycles. The highest BCUT2D eigenvalue weighted by atomic mass is 16.5. The molecule has 0 fully saturated rings. The highest BCUT2D eigenvalue weighted by Crippen LogP contribution is 2.23. The predicted molar refractivity (Wildman–Crippen MR) is 75.2 cm³/mol. The Morgan fingerprint density at radius 3 is 2.67 bits per heavy atom. The van der Waals surface area contributed by atoms with Gasteiger partial charge in [0.05, 0.1) is 6.61 Å². The molecule has 1 aliphatic heterocycles. The smallest absolute Gasteiger partial charge is 0.111 e. The minimum atomic E-state index is 0.300. The topological polar surface area (TPSA) is 12.5 Å². The normalized spacial score (nSPS) is 20.4. The summed E-state index contributed by atoms with van der Waals surface area (Å²) in [6.45, 7) is 7.45. The van der Waals surface area contributed by atoms with E-state index in [0.29, 0.717) is 6.23 Å². The lowest BCUT2D eigenvalue weighted by molar-refractivity contribution is -0.0703. The summed E-state index contributed by atoms with van der Waals surface area (Å²) < 4.78 is 6.11. The maximum Gasteiger partial charge on any atom is 0.111 e. The molecule has 0 bridgehead atoms. The first-order valence-electron chi connectivity index (χ1n) is 7.27. The van der Waals surface area contributed by atoms with Gasteiger partial charge in [0.2, 0.25) is 0 Å². The number of fused-ring (bicyclic) bond motifs is 1. The number of nitrogens with zero attached hydrogens (tertiary/aromatic N) is 1. The summed E-state index contributed by atoms with van der Waals surface area (Å²) in [5, 5.41) is 0. The number of benzene rings is 1. The largest absolute Gasteiger partial charge is 0.358 e. The van der Waals surface area contributed by atoms with Gasteiger partial charge in [0.1, 0.15) is 6.23 Å². The van der Waals surface area contributed by atoms with Gasteiger partial charge in [-0.15, -0.1) is 0 Å². The SMILES string of the molecule is CCCCN1Cc2ccccc2COC1CCC. The van der Waals surface area contributed by atoms with E-state index in [1.165, 1.54) is 30.4 Å². The van der Waals surface area contributed by atoms with E-state index in [1.54, 1.807) is 0 Å². The van der Waals surface area contributed by atoms with E-state index in [4.69, 9.17) is 4.74 Å². The molecule has 0 N–H and O–H groups in total. The molecule has 0 saturated heterocycles. The summed E-state index contributed by atoms with van der Waals surface area (Å²) in [4.78, 5) is 2.51. The molecule has 2 rings (SSSR count). The Kier molecular flexibility index (Phi) is 5.21. The minimum absolute atomic E-state index is 0.300. The van der Waals surface area contributed by atoms with Crippen molar-refractivity contribution < 1.29 is 4.74 Å². The van der Waals surface area contributed by atoms with Crippen molar-refractivity contribution in [3.63, 3.8) is 0 Å². The van der Waals surface area contributed by atoms with Crippen LogP contribution < -0.4 is 0 Å². The molecule has 0 aliphatic carbocycles. The molecular formula is C16H25NO. The molecule has 0 amide bonds. The van der Waals surface area contributed by atoms with Crippen molar-refractivity contribution in [3.05, 3.63) is 35.4 Å². The van der Waals surface area contributed by atoms with Gasteiger partial charge in [-0.1, -0.05) is 51.0 Å². The first kappa shape index (κ1) is 13.6. The quantitative estimate of drug-likeness (QED) is 0.781. The number of rotatable bonds is 5. The summed E-state index contributed by atoms with van der Waals surface area (Å²) in [6.07, 6.45) is 5.12. The lowest BCUT2D eigenvalue weighted by Crippen LogP contribution is -2.36. The maximum atomic E-state index is 6.11. The number of hydrogen-bond acceptors (Lipinski definition) is 2. The summed E-state index contributed by atoms with van der Waals surface area (Å²) in [6, 6.07) is 8.68. The molecule has 1 aliphatic rings. The number of ether oxygens (including phenoxy) is 1. The third kappa shape index (κ3) is 3.33. The Morgan fingerprint density at radius 1 is 1.17 bits per heavy atom. The van der Waals surface area contributed by atoms with Crippen molar-refractivity contribution in [2.24, 2.45) is 0 Å². The van der Waals surface area contributed by atoms with Gasteiger partial charge >= 0.3 is 0 Å². The van der Waals surface area contributed by atoms with Crippen LogP contribution in [0.5, 0.6) is 0 Å². The molecule has 100 valence electrons. The summed E-state index contributed by atoms with van der Waals surface area (Å²) in [7, 11) is 0. The Morgan fingerprint density at radius 2 is 1.94 bits per heavy atom. The highest BCUT2D eigenvalue weighted by Gasteiger charge is 2.22. The summed E-state index contributed by atoms with van der Waals surface area (Å²) in [5.74, 6) is 0. The fourth-order valence-corrected chi connectivity index (χ4v) is 2.56. The fourth-order valence-electron chi connectivity index (χ4n) is 2.56. The van der Waals surface area contributed by atoms with Crippen molar-refractivity contribution in [1.82, 2.24) is 4.90 Å². The van der Waals surface area contributed by atoms with Crippen LogP contribution in [0.4, 0.5) is 0 Å². The molecule has 0 radical (unpaired) electrons. The molecular weight excluding hydrogens is 222 g/mol. The lowest BCUT2D eigenvalue weighted by Gasteiger charge is -2.29. The zero-order valence-electron chi connectivity index (χ0n) is 11.7. The van der Waals surface area contributed by atoms with Gasteiger partial charge in [0, 0.05) is 13.1 Å². The standard InChI is InChI=1S/C16H25NO/c1-3-5-11-17-12-14-9-6-7-10-15(14)13-18-16(17)8-4-2/h6-7,9-10,16H,3-5,8,11-13H2,1-2H3. The fraction of sp³-hybridized carbons (Fsp3) is 0.625. The molecule has 1 atom stereocenters. The van der Waals surface area contributed by atoms with Crippen molar-refractivity contribution in [2.75, 3.05) is 6.54 Å². The second-order valence-corrected chi connectivity index (χ2v) is 5.15. The van der Waals surface area contributed by atoms with Crippen LogP contribution >= 0.6 is 0 Å². The molecule has 1 unspecified atom stereocenters. The average Bonchev–Trinajstić information content (AvgIpc) is 2.57. The van der Waals surface area contributed by atoms with Crippen LogP contribution in [0.3, 0.4) is 0 Å². The Bertz CT molecular complexity index is 364.